The fraction of sp³-hybridized carbons (Fsp3) is 0.200. The van der Waals surface area contributed by atoms with Crippen LogP contribution in [0.25, 0.3) is 0 Å². The number of nitro benzene ring substituents is 1. The first kappa shape index (κ1) is 13.2. The van der Waals surface area contributed by atoms with Gasteiger partial charge in [-0.3, -0.25) is 10.1 Å². The summed E-state index contributed by atoms with van der Waals surface area (Å²) < 4.78 is 0. The predicted octanol–water partition coefficient (Wildman–Crippen LogP) is 2.71. The van der Waals surface area contributed by atoms with Gasteiger partial charge in [-0.25, -0.2) is 0 Å². The van der Waals surface area contributed by atoms with Gasteiger partial charge in [0, 0.05) is 18.2 Å². The Balaban J connectivity index is 2.01. The largest absolute Gasteiger partial charge is 0.327 e. The molecule has 0 saturated carbocycles. The van der Waals surface area contributed by atoms with Gasteiger partial charge in [-0.05, 0) is 24.0 Å². The molecule has 0 bridgehead atoms. The Morgan fingerprint density at radius 3 is 2.32 bits per heavy atom. The van der Waals surface area contributed by atoms with E-state index in [1.807, 2.05) is 36.4 Å². The molecular formula is C15H16N2O2. The van der Waals surface area contributed by atoms with Crippen LogP contribution >= 0.6 is 0 Å². The van der Waals surface area contributed by atoms with Crippen molar-refractivity contribution in [3.8, 4) is 0 Å². The predicted molar refractivity (Wildman–Crippen MR) is 74.9 cm³/mol. The monoisotopic (exact) mass is 256 g/mol. The van der Waals surface area contributed by atoms with Crippen LogP contribution in [0.4, 0.5) is 5.69 Å². The van der Waals surface area contributed by atoms with Gasteiger partial charge in [0.1, 0.15) is 0 Å². The van der Waals surface area contributed by atoms with Crippen LogP contribution < -0.4 is 5.73 Å². The zero-order chi connectivity index (χ0) is 13.7. The molecule has 0 amide bonds. The Morgan fingerprint density at radius 1 is 1.00 bits per heavy atom. The molecular weight excluding hydrogens is 240 g/mol. The Morgan fingerprint density at radius 2 is 1.63 bits per heavy atom. The summed E-state index contributed by atoms with van der Waals surface area (Å²) in [5.74, 6) is 0. The SMILES string of the molecule is NC(Cc1ccccc1)Cc1cccc([N+](=O)[O-])c1. The molecule has 4 nitrogen and oxygen atoms in total. The molecule has 0 aliphatic heterocycles. The highest BCUT2D eigenvalue weighted by atomic mass is 16.6. The van der Waals surface area contributed by atoms with Gasteiger partial charge in [0.25, 0.3) is 5.69 Å². The van der Waals surface area contributed by atoms with E-state index in [1.165, 1.54) is 11.6 Å². The van der Waals surface area contributed by atoms with Gasteiger partial charge in [-0.15, -0.1) is 0 Å². The summed E-state index contributed by atoms with van der Waals surface area (Å²) in [6.07, 6.45) is 1.40. The second-order valence-corrected chi connectivity index (χ2v) is 4.58. The molecule has 0 saturated heterocycles. The Bertz CT molecular complexity index is 555. The van der Waals surface area contributed by atoms with Crippen LogP contribution in [0.1, 0.15) is 11.1 Å². The summed E-state index contributed by atoms with van der Waals surface area (Å²) in [7, 11) is 0. The molecule has 0 aliphatic carbocycles. The highest BCUT2D eigenvalue weighted by Gasteiger charge is 2.09. The van der Waals surface area contributed by atoms with Crippen LogP contribution in [0.15, 0.2) is 54.6 Å². The molecule has 0 radical (unpaired) electrons. The molecule has 2 rings (SSSR count). The van der Waals surface area contributed by atoms with Crippen LogP contribution in [0.2, 0.25) is 0 Å². The lowest BCUT2D eigenvalue weighted by Crippen LogP contribution is -2.25. The zero-order valence-electron chi connectivity index (χ0n) is 10.5. The van der Waals surface area contributed by atoms with Gasteiger partial charge in [-0.2, -0.15) is 0 Å². The lowest BCUT2D eigenvalue weighted by atomic mass is 9.99. The van der Waals surface area contributed by atoms with E-state index in [4.69, 9.17) is 5.73 Å². The van der Waals surface area contributed by atoms with Crippen LogP contribution in [-0.4, -0.2) is 11.0 Å². The lowest BCUT2D eigenvalue weighted by Gasteiger charge is -2.11. The van der Waals surface area contributed by atoms with Gasteiger partial charge in [0.05, 0.1) is 4.92 Å². The van der Waals surface area contributed by atoms with Crippen LogP contribution in [-0.2, 0) is 12.8 Å². The number of rotatable bonds is 5. The molecule has 19 heavy (non-hydrogen) atoms. The molecule has 1 unspecified atom stereocenters. The second kappa shape index (κ2) is 6.11. The third kappa shape index (κ3) is 3.89. The van der Waals surface area contributed by atoms with E-state index < -0.39 is 0 Å². The molecule has 0 heterocycles. The number of non-ortho nitro benzene ring substituents is 1. The van der Waals surface area contributed by atoms with E-state index in [0.717, 1.165) is 12.0 Å². The summed E-state index contributed by atoms with van der Waals surface area (Å²) in [6, 6.07) is 16.6. The van der Waals surface area contributed by atoms with Gasteiger partial charge < -0.3 is 5.73 Å². The third-order valence-corrected chi connectivity index (χ3v) is 2.96. The maximum atomic E-state index is 10.7. The minimum atomic E-state index is -0.383. The summed E-state index contributed by atoms with van der Waals surface area (Å²) in [6.45, 7) is 0. The fourth-order valence-corrected chi connectivity index (χ4v) is 2.09. The average Bonchev–Trinajstić information content (AvgIpc) is 2.40. The summed E-state index contributed by atoms with van der Waals surface area (Å²) in [5.41, 5.74) is 8.29. The van der Waals surface area contributed by atoms with E-state index in [1.54, 1.807) is 12.1 Å². The minimum absolute atomic E-state index is 0.0376. The molecule has 98 valence electrons. The van der Waals surface area contributed by atoms with E-state index in [9.17, 15) is 10.1 Å². The van der Waals surface area contributed by atoms with Crippen molar-refractivity contribution in [2.24, 2.45) is 5.73 Å². The Hall–Kier alpha value is -2.20. The molecule has 4 heteroatoms. The van der Waals surface area contributed by atoms with Crippen molar-refractivity contribution >= 4 is 5.69 Å². The summed E-state index contributed by atoms with van der Waals surface area (Å²) in [5, 5.41) is 10.7. The third-order valence-electron chi connectivity index (χ3n) is 2.96. The molecule has 0 fully saturated rings. The van der Waals surface area contributed by atoms with E-state index in [-0.39, 0.29) is 16.7 Å². The molecule has 0 aliphatic rings. The number of nitrogens with zero attached hydrogens (tertiary/aromatic N) is 1. The molecule has 2 aromatic rings. The fourth-order valence-electron chi connectivity index (χ4n) is 2.09. The zero-order valence-corrected chi connectivity index (χ0v) is 10.5. The van der Waals surface area contributed by atoms with Crippen molar-refractivity contribution < 1.29 is 4.92 Å². The number of nitro groups is 1. The normalized spacial score (nSPS) is 12.1. The van der Waals surface area contributed by atoms with Crippen LogP contribution in [0.3, 0.4) is 0 Å². The number of nitrogens with two attached hydrogens (primary N) is 1. The molecule has 0 aromatic heterocycles. The van der Waals surface area contributed by atoms with E-state index >= 15 is 0 Å². The average molecular weight is 256 g/mol. The highest BCUT2D eigenvalue weighted by molar-refractivity contribution is 5.34. The smallest absolute Gasteiger partial charge is 0.269 e. The topological polar surface area (TPSA) is 69.2 Å². The van der Waals surface area contributed by atoms with Gasteiger partial charge >= 0.3 is 0 Å². The highest BCUT2D eigenvalue weighted by Crippen LogP contribution is 2.15. The van der Waals surface area contributed by atoms with Crippen LogP contribution in [0.5, 0.6) is 0 Å². The van der Waals surface area contributed by atoms with E-state index in [2.05, 4.69) is 0 Å². The molecule has 2 N–H and O–H groups in total. The van der Waals surface area contributed by atoms with Crippen molar-refractivity contribution in [2.75, 3.05) is 0 Å². The van der Waals surface area contributed by atoms with E-state index in [0.29, 0.717) is 6.42 Å². The van der Waals surface area contributed by atoms with Crippen molar-refractivity contribution in [3.05, 3.63) is 75.8 Å². The number of benzene rings is 2. The summed E-state index contributed by atoms with van der Waals surface area (Å²) >= 11 is 0. The quantitative estimate of drug-likeness (QED) is 0.660. The first-order chi connectivity index (χ1) is 9.15. The number of hydrogen-bond donors (Lipinski definition) is 1. The molecule has 1 atom stereocenters. The van der Waals surface area contributed by atoms with Gasteiger partial charge in [0.2, 0.25) is 0 Å². The molecule has 0 spiro atoms. The summed E-state index contributed by atoms with van der Waals surface area (Å²) in [4.78, 5) is 10.3. The van der Waals surface area contributed by atoms with Crippen LogP contribution in [0, 0.1) is 10.1 Å². The first-order valence-corrected chi connectivity index (χ1v) is 6.18. The first-order valence-electron chi connectivity index (χ1n) is 6.18. The standard InChI is InChI=1S/C15H16N2O2/c16-14(9-12-5-2-1-3-6-12)10-13-7-4-8-15(11-13)17(18)19/h1-8,11,14H,9-10,16H2. The van der Waals surface area contributed by atoms with Gasteiger partial charge in [0.15, 0.2) is 0 Å². The second-order valence-electron chi connectivity index (χ2n) is 4.58. The van der Waals surface area contributed by atoms with Crippen molar-refractivity contribution in [1.82, 2.24) is 0 Å². The van der Waals surface area contributed by atoms with Gasteiger partial charge in [-0.1, -0.05) is 42.5 Å². The Kier molecular flexibility index (Phi) is 4.26. The lowest BCUT2D eigenvalue weighted by molar-refractivity contribution is -0.384. The van der Waals surface area contributed by atoms with Crippen molar-refractivity contribution in [3.63, 3.8) is 0 Å². The molecule has 2 aromatic carbocycles. The number of hydrogen-bond acceptors (Lipinski definition) is 3. The van der Waals surface area contributed by atoms with Crippen molar-refractivity contribution in [2.45, 2.75) is 18.9 Å². The maximum Gasteiger partial charge on any atom is 0.269 e. The van der Waals surface area contributed by atoms with Crippen molar-refractivity contribution in [1.29, 1.82) is 0 Å². The maximum absolute atomic E-state index is 10.7. The Labute approximate surface area is 112 Å². The minimum Gasteiger partial charge on any atom is -0.327 e.